The average Bonchev–Trinajstić information content (AvgIpc) is 2.56. The van der Waals surface area contributed by atoms with Crippen LogP contribution in [0, 0.1) is 17.2 Å². The molecule has 1 aromatic rings. The molecule has 0 saturated heterocycles. The van der Waals surface area contributed by atoms with Crippen LogP contribution in [0.1, 0.15) is 76.7 Å². The molecule has 1 fully saturated rings. The number of benzene rings is 1. The molecule has 1 aliphatic rings. The van der Waals surface area contributed by atoms with Gasteiger partial charge in [-0.3, -0.25) is 0 Å². The molecule has 1 saturated carbocycles. The molecule has 0 spiro atoms. The Kier molecular flexibility index (Phi) is 6.30. The third kappa shape index (κ3) is 3.88. The Balaban J connectivity index is 2.04. The van der Waals surface area contributed by atoms with Gasteiger partial charge in [0.2, 0.25) is 0 Å². The van der Waals surface area contributed by atoms with Gasteiger partial charge in [-0.05, 0) is 30.7 Å². The van der Waals surface area contributed by atoms with Gasteiger partial charge in [0.1, 0.15) is 0 Å². The van der Waals surface area contributed by atoms with E-state index in [0.717, 1.165) is 6.42 Å². The van der Waals surface area contributed by atoms with E-state index < -0.39 is 0 Å². The second kappa shape index (κ2) is 8.23. The topological polar surface area (TPSA) is 23.8 Å². The van der Waals surface area contributed by atoms with E-state index in [0.29, 0.717) is 5.92 Å². The fourth-order valence-corrected chi connectivity index (χ4v) is 3.96. The van der Waals surface area contributed by atoms with Gasteiger partial charge in [-0.15, -0.1) is 0 Å². The fraction of sp³-hybridized carbons (Fsp3) is 0.650. The first kappa shape index (κ1) is 16.1. The van der Waals surface area contributed by atoms with E-state index in [4.69, 9.17) is 0 Å². The van der Waals surface area contributed by atoms with Crippen molar-refractivity contribution in [3.63, 3.8) is 0 Å². The van der Waals surface area contributed by atoms with Crippen molar-refractivity contribution in [2.45, 2.75) is 76.5 Å². The first-order valence-corrected chi connectivity index (χ1v) is 8.80. The van der Waals surface area contributed by atoms with Gasteiger partial charge in [0.25, 0.3) is 0 Å². The first-order chi connectivity index (χ1) is 10.3. The Labute approximate surface area is 130 Å². The van der Waals surface area contributed by atoms with Crippen LogP contribution in [0.4, 0.5) is 0 Å². The largest absolute Gasteiger partial charge is 0.197 e. The zero-order valence-electron chi connectivity index (χ0n) is 13.5. The van der Waals surface area contributed by atoms with Crippen molar-refractivity contribution in [2.24, 2.45) is 5.92 Å². The molecule has 0 bridgehead atoms. The molecular formula is C20H29N. The van der Waals surface area contributed by atoms with Gasteiger partial charge in [-0.2, -0.15) is 5.26 Å². The van der Waals surface area contributed by atoms with Gasteiger partial charge < -0.3 is 0 Å². The summed E-state index contributed by atoms with van der Waals surface area (Å²) in [4.78, 5) is 0. The Morgan fingerprint density at radius 3 is 2.57 bits per heavy atom. The minimum absolute atomic E-state index is 0.218. The molecule has 0 aliphatic heterocycles. The van der Waals surface area contributed by atoms with Crippen molar-refractivity contribution < 1.29 is 0 Å². The van der Waals surface area contributed by atoms with Crippen molar-refractivity contribution in [3.8, 4) is 6.07 Å². The molecule has 1 aliphatic carbocycles. The van der Waals surface area contributed by atoms with Crippen LogP contribution in [0.5, 0.6) is 0 Å². The highest BCUT2D eigenvalue weighted by atomic mass is 14.5. The molecule has 1 aromatic carbocycles. The van der Waals surface area contributed by atoms with Gasteiger partial charge in [-0.25, -0.2) is 0 Å². The second-order valence-corrected chi connectivity index (χ2v) is 6.59. The van der Waals surface area contributed by atoms with E-state index in [1.165, 1.54) is 63.4 Å². The lowest BCUT2D eigenvalue weighted by Gasteiger charge is -2.39. The number of hydrogen-bond acceptors (Lipinski definition) is 1. The summed E-state index contributed by atoms with van der Waals surface area (Å²) in [5.41, 5.74) is 1.04. The predicted octanol–water partition coefficient (Wildman–Crippen LogP) is 6.00. The lowest BCUT2D eigenvalue weighted by molar-refractivity contribution is 0.222. The molecule has 21 heavy (non-hydrogen) atoms. The molecule has 0 N–H and O–H groups in total. The van der Waals surface area contributed by atoms with Crippen LogP contribution in [-0.4, -0.2) is 0 Å². The normalized spacial score (nSPS) is 25.4. The highest BCUT2D eigenvalue weighted by Gasteiger charge is 2.41. The third-order valence-corrected chi connectivity index (χ3v) is 5.22. The van der Waals surface area contributed by atoms with Gasteiger partial charge >= 0.3 is 0 Å². The number of nitriles is 1. The monoisotopic (exact) mass is 283 g/mol. The Bertz CT molecular complexity index is 445. The molecule has 2 rings (SSSR count). The van der Waals surface area contributed by atoms with E-state index >= 15 is 0 Å². The van der Waals surface area contributed by atoms with Crippen LogP contribution in [0.25, 0.3) is 0 Å². The molecule has 0 heterocycles. The lowest BCUT2D eigenvalue weighted by Crippen LogP contribution is -2.36. The summed E-state index contributed by atoms with van der Waals surface area (Å²) in [6, 6.07) is 13.3. The molecule has 1 nitrogen and oxygen atoms in total. The van der Waals surface area contributed by atoms with Crippen LogP contribution in [0.2, 0.25) is 0 Å². The van der Waals surface area contributed by atoms with Crippen molar-refractivity contribution >= 4 is 0 Å². The summed E-state index contributed by atoms with van der Waals surface area (Å²) in [5.74, 6) is 0.556. The maximum absolute atomic E-state index is 9.96. The maximum atomic E-state index is 9.96. The number of nitrogens with zero attached hydrogens (tertiary/aromatic N) is 1. The number of unbranched alkanes of at least 4 members (excludes halogenated alkanes) is 4. The van der Waals surface area contributed by atoms with E-state index in [9.17, 15) is 5.26 Å². The summed E-state index contributed by atoms with van der Waals surface area (Å²) in [7, 11) is 0. The van der Waals surface area contributed by atoms with Crippen molar-refractivity contribution in [1.82, 2.24) is 0 Å². The smallest absolute Gasteiger partial charge is 0.0850 e. The molecular weight excluding hydrogens is 254 g/mol. The van der Waals surface area contributed by atoms with Crippen molar-refractivity contribution in [2.75, 3.05) is 0 Å². The second-order valence-electron chi connectivity index (χ2n) is 6.59. The SMILES string of the molecule is CCCCCCCC1CCCCC1(C#N)c1ccccc1. The standard InChI is InChI=1S/C20H29N/c1-2-3-4-5-7-12-19-15-10-11-16-20(19,17-21)18-13-8-6-9-14-18/h6,8-9,13-14,19H,2-5,7,10-12,15-16H2,1H3. The quantitative estimate of drug-likeness (QED) is 0.563. The van der Waals surface area contributed by atoms with Gasteiger partial charge in [-0.1, -0.05) is 82.2 Å². The molecule has 0 amide bonds. The Morgan fingerprint density at radius 1 is 1.10 bits per heavy atom. The molecule has 2 atom stereocenters. The number of hydrogen-bond donors (Lipinski definition) is 0. The van der Waals surface area contributed by atoms with Crippen LogP contribution < -0.4 is 0 Å². The highest BCUT2D eigenvalue weighted by Crippen LogP contribution is 2.45. The predicted molar refractivity (Wildman–Crippen MR) is 89.1 cm³/mol. The van der Waals surface area contributed by atoms with E-state index in [2.05, 4.69) is 43.3 Å². The van der Waals surface area contributed by atoms with Gasteiger partial charge in [0.05, 0.1) is 11.5 Å². The summed E-state index contributed by atoms with van der Waals surface area (Å²) in [6.07, 6.45) is 12.7. The van der Waals surface area contributed by atoms with Crippen LogP contribution in [0.15, 0.2) is 30.3 Å². The minimum atomic E-state index is -0.218. The highest BCUT2D eigenvalue weighted by molar-refractivity contribution is 5.34. The van der Waals surface area contributed by atoms with Crippen LogP contribution in [-0.2, 0) is 5.41 Å². The van der Waals surface area contributed by atoms with E-state index in [1.807, 2.05) is 0 Å². The van der Waals surface area contributed by atoms with E-state index in [-0.39, 0.29) is 5.41 Å². The van der Waals surface area contributed by atoms with Crippen molar-refractivity contribution in [3.05, 3.63) is 35.9 Å². The summed E-state index contributed by atoms with van der Waals surface area (Å²) < 4.78 is 0. The zero-order chi connectivity index (χ0) is 15.0. The zero-order valence-corrected chi connectivity index (χ0v) is 13.5. The summed E-state index contributed by atoms with van der Waals surface area (Å²) in [5, 5.41) is 9.96. The van der Waals surface area contributed by atoms with E-state index in [1.54, 1.807) is 0 Å². The summed E-state index contributed by atoms with van der Waals surface area (Å²) >= 11 is 0. The van der Waals surface area contributed by atoms with Crippen LogP contribution in [0.3, 0.4) is 0 Å². The molecule has 114 valence electrons. The average molecular weight is 283 g/mol. The number of rotatable bonds is 7. The fourth-order valence-electron chi connectivity index (χ4n) is 3.96. The third-order valence-electron chi connectivity index (χ3n) is 5.22. The van der Waals surface area contributed by atoms with Gasteiger partial charge in [0, 0.05) is 0 Å². The Hall–Kier alpha value is -1.29. The molecule has 1 heteroatoms. The van der Waals surface area contributed by atoms with Crippen molar-refractivity contribution in [1.29, 1.82) is 5.26 Å². The van der Waals surface area contributed by atoms with Crippen LogP contribution >= 0.6 is 0 Å². The molecule has 0 aromatic heterocycles. The molecule has 2 unspecified atom stereocenters. The molecule has 0 radical (unpaired) electrons. The van der Waals surface area contributed by atoms with Gasteiger partial charge in [0.15, 0.2) is 0 Å². The first-order valence-electron chi connectivity index (χ1n) is 8.80. The Morgan fingerprint density at radius 2 is 1.86 bits per heavy atom. The maximum Gasteiger partial charge on any atom is 0.0850 e. The summed E-state index contributed by atoms with van der Waals surface area (Å²) in [6.45, 7) is 2.26. The minimum Gasteiger partial charge on any atom is -0.197 e. The lowest BCUT2D eigenvalue weighted by atomic mass is 9.62.